The summed E-state index contributed by atoms with van der Waals surface area (Å²) in [6.45, 7) is 3.78. The molecule has 9 heteroatoms. The van der Waals surface area contributed by atoms with Crippen LogP contribution in [0.2, 0.25) is 0 Å². The normalized spacial score (nSPS) is 10.9. The van der Waals surface area contributed by atoms with Gasteiger partial charge in [-0.05, 0) is 43.7 Å². The van der Waals surface area contributed by atoms with Crippen molar-refractivity contribution in [2.45, 2.75) is 26.9 Å². The van der Waals surface area contributed by atoms with Crippen LogP contribution in [0.5, 0.6) is 11.5 Å². The number of ether oxygens (including phenoxy) is 2. The van der Waals surface area contributed by atoms with E-state index in [0.29, 0.717) is 22.6 Å². The molecule has 1 N–H and O–H groups in total. The van der Waals surface area contributed by atoms with E-state index in [-0.39, 0.29) is 24.5 Å². The number of aromatic nitrogens is 4. The lowest BCUT2D eigenvalue weighted by molar-refractivity contribution is -0.122. The number of amides is 1. The third-order valence-corrected chi connectivity index (χ3v) is 5.42. The van der Waals surface area contributed by atoms with Crippen LogP contribution >= 0.6 is 0 Å². The SMILES string of the molecule is COc1ccc(CNC(=O)Cn2nc(C)c3c(C)n(-c4ccccc4)nc3c2=O)cc1OC. The lowest BCUT2D eigenvalue weighted by atomic mass is 10.2. The Hall–Kier alpha value is -4.14. The van der Waals surface area contributed by atoms with Gasteiger partial charge in [0.1, 0.15) is 6.54 Å². The highest BCUT2D eigenvalue weighted by Crippen LogP contribution is 2.27. The van der Waals surface area contributed by atoms with Gasteiger partial charge in [0.15, 0.2) is 17.0 Å². The zero-order valence-electron chi connectivity index (χ0n) is 19.0. The Kier molecular flexibility index (Phi) is 6.12. The van der Waals surface area contributed by atoms with Crippen molar-refractivity contribution in [2.24, 2.45) is 0 Å². The predicted molar refractivity (Wildman–Crippen MR) is 124 cm³/mol. The second-order valence-electron chi connectivity index (χ2n) is 7.57. The summed E-state index contributed by atoms with van der Waals surface area (Å²) in [4.78, 5) is 25.6. The molecule has 33 heavy (non-hydrogen) atoms. The van der Waals surface area contributed by atoms with E-state index in [2.05, 4.69) is 15.5 Å². The van der Waals surface area contributed by atoms with Crippen LogP contribution in [0, 0.1) is 13.8 Å². The van der Waals surface area contributed by atoms with Gasteiger partial charge in [0.2, 0.25) is 5.91 Å². The molecule has 9 nitrogen and oxygen atoms in total. The van der Waals surface area contributed by atoms with Crippen LogP contribution in [0.15, 0.2) is 53.3 Å². The Balaban J connectivity index is 1.56. The topological polar surface area (TPSA) is 100 Å². The van der Waals surface area contributed by atoms with E-state index in [1.54, 1.807) is 31.0 Å². The first-order valence-corrected chi connectivity index (χ1v) is 10.4. The molecule has 0 fully saturated rings. The maximum Gasteiger partial charge on any atom is 0.295 e. The van der Waals surface area contributed by atoms with Crippen molar-refractivity contribution in [3.8, 4) is 17.2 Å². The van der Waals surface area contributed by atoms with Crippen molar-refractivity contribution in [2.75, 3.05) is 14.2 Å². The van der Waals surface area contributed by atoms with E-state index in [1.165, 1.54) is 0 Å². The van der Waals surface area contributed by atoms with E-state index in [4.69, 9.17) is 9.47 Å². The molecule has 0 bridgehead atoms. The quantitative estimate of drug-likeness (QED) is 0.467. The zero-order chi connectivity index (χ0) is 23.5. The third kappa shape index (κ3) is 4.30. The highest BCUT2D eigenvalue weighted by Gasteiger charge is 2.18. The van der Waals surface area contributed by atoms with Gasteiger partial charge in [-0.1, -0.05) is 24.3 Å². The number of carbonyl (C=O) groups is 1. The minimum atomic E-state index is -0.408. The molecular formula is C24H25N5O4. The van der Waals surface area contributed by atoms with Crippen molar-refractivity contribution in [3.05, 3.63) is 75.8 Å². The van der Waals surface area contributed by atoms with Gasteiger partial charge in [-0.15, -0.1) is 0 Å². The molecule has 170 valence electrons. The molecule has 0 radical (unpaired) electrons. The summed E-state index contributed by atoms with van der Waals surface area (Å²) in [7, 11) is 3.12. The van der Waals surface area contributed by atoms with E-state index in [0.717, 1.165) is 21.6 Å². The summed E-state index contributed by atoms with van der Waals surface area (Å²) in [6.07, 6.45) is 0. The Morgan fingerprint density at radius 3 is 2.42 bits per heavy atom. The van der Waals surface area contributed by atoms with E-state index < -0.39 is 5.56 Å². The first kappa shape index (κ1) is 22.1. The van der Waals surface area contributed by atoms with Gasteiger partial charge in [0.25, 0.3) is 5.56 Å². The van der Waals surface area contributed by atoms with Crippen molar-refractivity contribution in [1.82, 2.24) is 24.9 Å². The van der Waals surface area contributed by atoms with Gasteiger partial charge < -0.3 is 14.8 Å². The smallest absolute Gasteiger partial charge is 0.295 e. The van der Waals surface area contributed by atoms with Crippen molar-refractivity contribution >= 4 is 16.8 Å². The molecule has 0 aliphatic carbocycles. The molecule has 2 aromatic carbocycles. The highest BCUT2D eigenvalue weighted by atomic mass is 16.5. The van der Waals surface area contributed by atoms with Crippen molar-refractivity contribution in [1.29, 1.82) is 0 Å². The maximum absolute atomic E-state index is 13.1. The number of hydrogen-bond acceptors (Lipinski definition) is 6. The fourth-order valence-electron chi connectivity index (χ4n) is 3.79. The summed E-state index contributed by atoms with van der Waals surface area (Å²) in [5.41, 5.74) is 3.03. The van der Waals surface area contributed by atoms with Crippen LogP contribution < -0.4 is 20.3 Å². The lowest BCUT2D eigenvalue weighted by Crippen LogP contribution is -2.34. The summed E-state index contributed by atoms with van der Waals surface area (Å²) >= 11 is 0. The molecule has 0 atom stereocenters. The fraction of sp³-hybridized carbons (Fsp3) is 0.250. The first-order chi connectivity index (χ1) is 15.9. The number of para-hydroxylation sites is 1. The van der Waals surface area contributed by atoms with E-state index in [9.17, 15) is 9.59 Å². The Bertz CT molecular complexity index is 1380. The molecule has 2 heterocycles. The van der Waals surface area contributed by atoms with Gasteiger partial charge in [-0.25, -0.2) is 9.36 Å². The number of fused-ring (bicyclic) bond motifs is 1. The number of nitrogens with one attached hydrogen (secondary N) is 1. The number of methoxy groups -OCH3 is 2. The Morgan fingerprint density at radius 2 is 1.73 bits per heavy atom. The zero-order valence-corrected chi connectivity index (χ0v) is 19.0. The summed E-state index contributed by atoms with van der Waals surface area (Å²) in [5.74, 6) is 0.849. The van der Waals surface area contributed by atoms with Crippen LogP contribution in [0.25, 0.3) is 16.6 Å². The van der Waals surface area contributed by atoms with Gasteiger partial charge in [0.05, 0.1) is 36.7 Å². The Labute approximate surface area is 190 Å². The average molecular weight is 447 g/mol. The standard InChI is InChI=1S/C24H25N5O4/c1-15-22-16(2)29(18-8-6-5-7-9-18)27-23(22)24(31)28(26-15)14-21(30)25-13-17-10-11-19(32-3)20(12-17)33-4/h5-12H,13-14H2,1-4H3,(H,25,30). The van der Waals surface area contributed by atoms with Gasteiger partial charge in [0, 0.05) is 6.54 Å². The molecule has 1 amide bonds. The van der Waals surface area contributed by atoms with Crippen LogP contribution in [-0.4, -0.2) is 39.7 Å². The van der Waals surface area contributed by atoms with Crippen molar-refractivity contribution in [3.63, 3.8) is 0 Å². The summed E-state index contributed by atoms with van der Waals surface area (Å²) < 4.78 is 13.4. The van der Waals surface area contributed by atoms with Gasteiger partial charge in [-0.3, -0.25) is 9.59 Å². The molecule has 4 aromatic rings. The van der Waals surface area contributed by atoms with Gasteiger partial charge in [-0.2, -0.15) is 10.2 Å². The maximum atomic E-state index is 13.1. The predicted octanol–water partition coefficient (Wildman–Crippen LogP) is 2.53. The molecule has 2 aromatic heterocycles. The van der Waals surface area contributed by atoms with Crippen LogP contribution in [0.4, 0.5) is 0 Å². The van der Waals surface area contributed by atoms with Crippen LogP contribution in [0.1, 0.15) is 17.0 Å². The van der Waals surface area contributed by atoms with Crippen LogP contribution in [-0.2, 0) is 17.9 Å². The molecule has 0 saturated carbocycles. The second-order valence-corrected chi connectivity index (χ2v) is 7.57. The molecular weight excluding hydrogens is 422 g/mol. The average Bonchev–Trinajstić information content (AvgIpc) is 3.19. The minimum absolute atomic E-state index is 0.208. The number of hydrogen-bond donors (Lipinski definition) is 1. The molecule has 0 aliphatic heterocycles. The monoisotopic (exact) mass is 447 g/mol. The van der Waals surface area contributed by atoms with E-state index >= 15 is 0 Å². The largest absolute Gasteiger partial charge is 0.493 e. The number of carbonyl (C=O) groups excluding carboxylic acids is 1. The molecule has 4 rings (SSSR count). The van der Waals surface area contributed by atoms with Gasteiger partial charge >= 0.3 is 0 Å². The number of aryl methyl sites for hydroxylation is 2. The van der Waals surface area contributed by atoms with Crippen molar-refractivity contribution < 1.29 is 14.3 Å². The first-order valence-electron chi connectivity index (χ1n) is 10.4. The van der Waals surface area contributed by atoms with Crippen LogP contribution in [0.3, 0.4) is 0 Å². The number of rotatable bonds is 7. The number of nitrogens with zero attached hydrogens (tertiary/aromatic N) is 4. The molecule has 0 saturated heterocycles. The highest BCUT2D eigenvalue weighted by molar-refractivity contribution is 5.83. The summed E-state index contributed by atoms with van der Waals surface area (Å²) in [6, 6.07) is 15.0. The number of benzene rings is 2. The second kappa shape index (κ2) is 9.15. The fourth-order valence-corrected chi connectivity index (χ4v) is 3.79. The molecule has 0 spiro atoms. The third-order valence-electron chi connectivity index (χ3n) is 5.42. The molecule has 0 aliphatic rings. The minimum Gasteiger partial charge on any atom is -0.493 e. The molecule has 0 unspecified atom stereocenters. The van der Waals surface area contributed by atoms with E-state index in [1.807, 2.05) is 50.2 Å². The summed E-state index contributed by atoms with van der Waals surface area (Å²) in [5, 5.41) is 12.4. The lowest BCUT2D eigenvalue weighted by Gasteiger charge is -2.11. The Morgan fingerprint density at radius 1 is 1.00 bits per heavy atom.